The molecule has 9 heteroatoms. The smallest absolute Gasteiger partial charge is 0.416 e. The summed E-state index contributed by atoms with van der Waals surface area (Å²) in [7, 11) is -2.56. The molecule has 1 rings (SSSR count). The van der Waals surface area contributed by atoms with Gasteiger partial charge in [0.1, 0.15) is 5.75 Å². The van der Waals surface area contributed by atoms with Gasteiger partial charge in [0.05, 0.1) is 11.3 Å². The van der Waals surface area contributed by atoms with E-state index < -0.39 is 21.8 Å². The third-order valence-corrected chi connectivity index (χ3v) is 4.63. The fraction of sp³-hybridized carbons (Fsp3) is 0.556. The van der Waals surface area contributed by atoms with Gasteiger partial charge in [-0.2, -0.15) is 13.2 Å². The molecule has 27 heavy (non-hydrogen) atoms. The summed E-state index contributed by atoms with van der Waals surface area (Å²) in [5.74, 6) is 0.338. The summed E-state index contributed by atoms with van der Waals surface area (Å²) < 4.78 is 74.8. The molecule has 0 fully saturated rings. The molecule has 0 bridgehead atoms. The van der Waals surface area contributed by atoms with E-state index in [1.54, 1.807) is 0 Å². The first-order chi connectivity index (χ1) is 12.5. The highest BCUT2D eigenvalue weighted by Gasteiger charge is 2.31. The second-order valence-electron chi connectivity index (χ2n) is 6.46. The Kier molecular flexibility index (Phi) is 9.11. The van der Waals surface area contributed by atoms with Crippen molar-refractivity contribution in [3.63, 3.8) is 0 Å². The predicted molar refractivity (Wildman–Crippen MR) is 98.9 cm³/mol. The molecule has 0 aromatic heterocycles. The van der Waals surface area contributed by atoms with Crippen LogP contribution in [0, 0.1) is 5.92 Å². The van der Waals surface area contributed by atoms with Crippen LogP contribution in [0.4, 0.5) is 18.9 Å². The zero-order chi connectivity index (χ0) is 20.5. The van der Waals surface area contributed by atoms with Crippen molar-refractivity contribution in [2.24, 2.45) is 5.92 Å². The van der Waals surface area contributed by atoms with E-state index in [1.165, 1.54) is 13.2 Å². The number of unbranched alkanes of at least 4 members (excludes halogenated alkanes) is 2. The average Bonchev–Trinajstić information content (AvgIpc) is 2.55. The number of allylic oxidation sites excluding steroid dienone is 1. The maximum atomic E-state index is 12.8. The number of sulfonamides is 1. The molecule has 0 aliphatic rings. The minimum atomic E-state index is -4.57. The highest BCUT2D eigenvalue weighted by molar-refractivity contribution is 7.95. The molecule has 0 aliphatic carbocycles. The Balaban J connectivity index is 2.82. The van der Waals surface area contributed by atoms with Gasteiger partial charge in [0.25, 0.3) is 10.0 Å². The summed E-state index contributed by atoms with van der Waals surface area (Å²) in [6.07, 6.45) is 0.509. The number of hydrogen-bond donors (Lipinski definition) is 1. The molecule has 0 radical (unpaired) electrons. The van der Waals surface area contributed by atoms with Gasteiger partial charge in [-0.05, 0) is 37.0 Å². The van der Waals surface area contributed by atoms with Crippen LogP contribution in [0.15, 0.2) is 29.7 Å². The van der Waals surface area contributed by atoms with Gasteiger partial charge in [0.2, 0.25) is 0 Å². The monoisotopic (exact) mass is 409 g/mol. The van der Waals surface area contributed by atoms with Crippen molar-refractivity contribution < 1.29 is 31.1 Å². The lowest BCUT2D eigenvalue weighted by molar-refractivity contribution is -0.137. The largest absolute Gasteiger partial charge is 0.465 e. The quantitative estimate of drug-likeness (QED) is 0.405. The number of halogens is 3. The van der Waals surface area contributed by atoms with Crippen LogP contribution in [0.5, 0.6) is 5.75 Å². The van der Waals surface area contributed by atoms with Crippen LogP contribution in [-0.4, -0.2) is 22.3 Å². The lowest BCUT2D eigenvalue weighted by atomic mass is 10.1. The lowest BCUT2D eigenvalue weighted by Crippen LogP contribution is -2.12. The number of ether oxygens (including phenoxy) is 2. The molecule has 1 aromatic rings. The maximum Gasteiger partial charge on any atom is 0.416 e. The Bertz CT molecular complexity index is 716. The summed E-state index contributed by atoms with van der Waals surface area (Å²) in [6.45, 7) is 3.93. The molecule has 0 spiro atoms. The number of nitrogens with one attached hydrogen (secondary N) is 1. The molecule has 154 valence electrons. The van der Waals surface area contributed by atoms with E-state index in [9.17, 15) is 21.6 Å². The molecule has 0 aliphatic heterocycles. The van der Waals surface area contributed by atoms with Gasteiger partial charge >= 0.3 is 6.18 Å². The highest BCUT2D eigenvalue weighted by Crippen LogP contribution is 2.35. The molecule has 0 saturated carbocycles. The van der Waals surface area contributed by atoms with E-state index in [0.29, 0.717) is 12.3 Å². The van der Waals surface area contributed by atoms with Gasteiger partial charge in [-0.15, -0.1) is 0 Å². The topological polar surface area (TPSA) is 64.6 Å². The number of methoxy groups -OCH3 is 1. The van der Waals surface area contributed by atoms with Crippen molar-refractivity contribution in [1.82, 2.24) is 0 Å². The number of rotatable bonds is 11. The van der Waals surface area contributed by atoms with Crippen LogP contribution in [0.2, 0.25) is 0 Å². The van der Waals surface area contributed by atoms with Crippen LogP contribution in [0.3, 0.4) is 0 Å². The number of benzene rings is 1. The Morgan fingerprint density at radius 2 is 1.93 bits per heavy atom. The van der Waals surface area contributed by atoms with Gasteiger partial charge < -0.3 is 9.47 Å². The molecule has 5 nitrogen and oxygen atoms in total. The van der Waals surface area contributed by atoms with Crippen LogP contribution in [0.25, 0.3) is 0 Å². The minimum absolute atomic E-state index is 0.0930. The molecule has 0 atom stereocenters. The first kappa shape index (κ1) is 23.3. The van der Waals surface area contributed by atoms with Crippen LogP contribution in [0.1, 0.15) is 45.1 Å². The van der Waals surface area contributed by atoms with Gasteiger partial charge in [0, 0.05) is 12.5 Å². The third-order valence-electron chi connectivity index (χ3n) is 3.57. The van der Waals surface area contributed by atoms with Gasteiger partial charge in [0.15, 0.2) is 6.79 Å². The standard InChI is InChI=1S/C18H26F3NO4S/c1-14(2)8-6-4-5-7-11-27(23,24)22-16-10-9-15(18(19,20)21)12-17(16)26-13-25-3/h7,9-12,14,22H,4-6,8,13H2,1-3H3. The molecule has 0 unspecified atom stereocenters. The highest BCUT2D eigenvalue weighted by atomic mass is 32.2. The van der Waals surface area contributed by atoms with Crippen molar-refractivity contribution in [2.75, 3.05) is 18.6 Å². The summed E-state index contributed by atoms with van der Waals surface area (Å²) >= 11 is 0. The van der Waals surface area contributed by atoms with Gasteiger partial charge in [-0.3, -0.25) is 4.72 Å². The van der Waals surface area contributed by atoms with Gasteiger partial charge in [-0.25, -0.2) is 8.42 Å². The molecule has 0 heterocycles. The summed E-state index contributed by atoms with van der Waals surface area (Å²) in [4.78, 5) is 0. The minimum Gasteiger partial charge on any atom is -0.465 e. The second-order valence-corrected chi connectivity index (χ2v) is 8.02. The lowest BCUT2D eigenvalue weighted by Gasteiger charge is -2.14. The van der Waals surface area contributed by atoms with Crippen molar-refractivity contribution in [3.05, 3.63) is 35.2 Å². The van der Waals surface area contributed by atoms with Crippen molar-refractivity contribution >= 4 is 15.7 Å². The summed E-state index contributed by atoms with van der Waals surface area (Å²) in [5.41, 5.74) is -1.04. The van der Waals surface area contributed by atoms with E-state index in [2.05, 4.69) is 23.3 Å². The zero-order valence-electron chi connectivity index (χ0n) is 15.7. The summed E-state index contributed by atoms with van der Waals surface area (Å²) in [6, 6.07) is 2.53. The molecule has 1 aromatic carbocycles. The Morgan fingerprint density at radius 1 is 1.22 bits per heavy atom. The maximum absolute atomic E-state index is 12.8. The number of hydrogen-bond acceptors (Lipinski definition) is 4. The molecule has 0 amide bonds. The van der Waals surface area contributed by atoms with Crippen molar-refractivity contribution in [1.29, 1.82) is 0 Å². The fourth-order valence-electron chi connectivity index (χ4n) is 2.22. The first-order valence-electron chi connectivity index (χ1n) is 8.57. The SMILES string of the molecule is COCOc1cc(C(F)(F)F)ccc1NS(=O)(=O)C=CCCCCC(C)C. The molecular formula is C18H26F3NO4S. The first-order valence-corrected chi connectivity index (χ1v) is 10.1. The van der Waals surface area contributed by atoms with Crippen LogP contribution in [-0.2, 0) is 20.9 Å². The molecule has 1 N–H and O–H groups in total. The Labute approximate surface area is 158 Å². The number of anilines is 1. The van der Waals surface area contributed by atoms with Crippen molar-refractivity contribution in [3.8, 4) is 5.75 Å². The van der Waals surface area contributed by atoms with Gasteiger partial charge in [-0.1, -0.05) is 32.8 Å². The van der Waals surface area contributed by atoms with E-state index in [4.69, 9.17) is 4.74 Å². The zero-order valence-corrected chi connectivity index (χ0v) is 16.5. The second kappa shape index (κ2) is 10.6. The summed E-state index contributed by atoms with van der Waals surface area (Å²) in [5, 5.41) is 1.01. The van der Waals surface area contributed by atoms with E-state index in [1.807, 2.05) is 0 Å². The molecular weight excluding hydrogens is 383 g/mol. The normalized spacial score (nSPS) is 12.7. The van der Waals surface area contributed by atoms with Crippen LogP contribution < -0.4 is 9.46 Å². The number of alkyl halides is 3. The van der Waals surface area contributed by atoms with E-state index >= 15 is 0 Å². The Morgan fingerprint density at radius 3 is 2.52 bits per heavy atom. The predicted octanol–water partition coefficient (Wildman–Crippen LogP) is 5.16. The molecule has 0 saturated heterocycles. The van der Waals surface area contributed by atoms with Crippen LogP contribution >= 0.6 is 0 Å². The fourth-order valence-corrected chi connectivity index (χ4v) is 3.15. The van der Waals surface area contributed by atoms with Crippen molar-refractivity contribution in [2.45, 2.75) is 45.7 Å². The Hall–Kier alpha value is -1.74. The third kappa shape index (κ3) is 9.14. The van der Waals surface area contributed by atoms with E-state index in [-0.39, 0.29) is 18.2 Å². The average molecular weight is 409 g/mol. The van der Waals surface area contributed by atoms with E-state index in [0.717, 1.165) is 42.9 Å².